The second-order valence-corrected chi connectivity index (χ2v) is 9.36. The highest BCUT2D eigenvalue weighted by molar-refractivity contribution is 5.37. The molecule has 0 spiro atoms. The predicted octanol–water partition coefficient (Wildman–Crippen LogP) is 5.28. The Morgan fingerprint density at radius 3 is 2.30 bits per heavy atom. The molecule has 0 radical (unpaired) electrons. The molecular weight excluding hydrogens is 415 g/mol. The van der Waals surface area contributed by atoms with Crippen LogP contribution in [-0.2, 0) is 13.1 Å². The molecule has 4 rings (SSSR count). The lowest BCUT2D eigenvalue weighted by Crippen LogP contribution is -2.25. The van der Waals surface area contributed by atoms with Gasteiger partial charge in [0.05, 0.1) is 12.3 Å². The fraction of sp³-hybridized carbons (Fsp3) is 0.407. The van der Waals surface area contributed by atoms with Gasteiger partial charge < -0.3 is 14.5 Å². The van der Waals surface area contributed by atoms with Crippen molar-refractivity contribution in [3.05, 3.63) is 83.4 Å². The molecule has 6 heteroatoms. The van der Waals surface area contributed by atoms with Gasteiger partial charge >= 0.3 is 0 Å². The van der Waals surface area contributed by atoms with E-state index in [-0.39, 0.29) is 5.82 Å². The van der Waals surface area contributed by atoms with Crippen LogP contribution in [0.4, 0.5) is 10.3 Å². The van der Waals surface area contributed by atoms with Crippen molar-refractivity contribution in [3.8, 4) is 5.75 Å². The fourth-order valence-electron chi connectivity index (χ4n) is 4.10. The van der Waals surface area contributed by atoms with E-state index in [2.05, 4.69) is 47.8 Å². The van der Waals surface area contributed by atoms with Crippen LogP contribution in [-0.4, -0.2) is 41.6 Å². The summed E-state index contributed by atoms with van der Waals surface area (Å²) >= 11 is 0. The van der Waals surface area contributed by atoms with E-state index in [4.69, 9.17) is 9.72 Å². The summed E-state index contributed by atoms with van der Waals surface area (Å²) in [5.74, 6) is 2.26. The minimum absolute atomic E-state index is 0.231. The summed E-state index contributed by atoms with van der Waals surface area (Å²) in [7, 11) is 2.15. The maximum Gasteiger partial charge on any atom is 0.226 e. The van der Waals surface area contributed by atoms with Crippen molar-refractivity contribution in [1.82, 2.24) is 14.9 Å². The Hall–Kier alpha value is -2.99. The fourth-order valence-corrected chi connectivity index (χ4v) is 4.10. The standard InChI is InChI=1S/C27H33FN4O/c1-20(2)19-33-25-10-6-22(7-11-25)17-32(16-21-4-8-24(28)9-5-21)27-29-14-12-26(30-27)23-13-15-31(3)18-23/h4-12,14,20,23H,13,15-19H2,1-3H3. The van der Waals surface area contributed by atoms with Crippen LogP contribution in [0.1, 0.15) is 43.0 Å². The average Bonchev–Trinajstić information content (AvgIpc) is 3.26. The van der Waals surface area contributed by atoms with Crippen LogP contribution in [0, 0.1) is 11.7 Å². The first-order valence-electron chi connectivity index (χ1n) is 11.7. The van der Waals surface area contributed by atoms with Crippen molar-refractivity contribution >= 4 is 5.95 Å². The van der Waals surface area contributed by atoms with Crippen LogP contribution in [0.3, 0.4) is 0 Å². The number of rotatable bonds is 9. The Kier molecular flexibility index (Phi) is 7.55. The lowest BCUT2D eigenvalue weighted by molar-refractivity contribution is 0.271. The third-order valence-corrected chi connectivity index (χ3v) is 5.92. The number of hydrogen-bond donors (Lipinski definition) is 0. The molecule has 0 saturated carbocycles. The van der Waals surface area contributed by atoms with Gasteiger partial charge in [0.1, 0.15) is 11.6 Å². The van der Waals surface area contributed by atoms with Crippen molar-refractivity contribution in [2.45, 2.75) is 39.3 Å². The second kappa shape index (κ2) is 10.8. The molecule has 1 atom stereocenters. The van der Waals surface area contributed by atoms with Gasteiger partial charge in [0.25, 0.3) is 0 Å². The van der Waals surface area contributed by atoms with Gasteiger partial charge in [0.2, 0.25) is 5.95 Å². The van der Waals surface area contributed by atoms with E-state index >= 15 is 0 Å². The van der Waals surface area contributed by atoms with Gasteiger partial charge in [-0.15, -0.1) is 0 Å². The number of aromatic nitrogens is 2. The third kappa shape index (κ3) is 6.51. The summed E-state index contributed by atoms with van der Waals surface area (Å²) in [4.78, 5) is 14.1. The molecule has 0 bridgehead atoms. The molecule has 0 amide bonds. The molecular formula is C27H33FN4O. The smallest absolute Gasteiger partial charge is 0.226 e. The van der Waals surface area contributed by atoms with Crippen molar-refractivity contribution < 1.29 is 9.13 Å². The quantitative estimate of drug-likeness (QED) is 0.446. The van der Waals surface area contributed by atoms with Gasteiger partial charge in [-0.3, -0.25) is 0 Å². The van der Waals surface area contributed by atoms with Crippen LogP contribution in [0.2, 0.25) is 0 Å². The Morgan fingerprint density at radius 1 is 1.03 bits per heavy atom. The third-order valence-electron chi connectivity index (χ3n) is 5.92. The van der Waals surface area contributed by atoms with Crippen molar-refractivity contribution in [3.63, 3.8) is 0 Å². The van der Waals surface area contributed by atoms with Gasteiger partial charge in [-0.1, -0.05) is 38.1 Å². The van der Waals surface area contributed by atoms with Gasteiger partial charge in [-0.05, 0) is 67.4 Å². The Labute approximate surface area is 196 Å². The van der Waals surface area contributed by atoms with E-state index in [1.54, 1.807) is 0 Å². The van der Waals surface area contributed by atoms with E-state index in [1.807, 2.05) is 36.5 Å². The molecule has 1 aliphatic heterocycles. The highest BCUT2D eigenvalue weighted by Gasteiger charge is 2.23. The summed E-state index contributed by atoms with van der Waals surface area (Å²) in [6.07, 6.45) is 2.97. The number of likely N-dealkylation sites (N-methyl/N-ethyl adjacent to an activating group) is 1. The highest BCUT2D eigenvalue weighted by Crippen LogP contribution is 2.26. The molecule has 5 nitrogen and oxygen atoms in total. The summed E-state index contributed by atoms with van der Waals surface area (Å²) in [6, 6.07) is 16.9. The molecule has 1 aliphatic rings. The number of benzene rings is 2. The summed E-state index contributed by atoms with van der Waals surface area (Å²) < 4.78 is 19.3. The molecule has 2 aromatic carbocycles. The second-order valence-electron chi connectivity index (χ2n) is 9.36. The van der Waals surface area contributed by atoms with Gasteiger partial charge in [-0.25, -0.2) is 14.4 Å². The Bertz CT molecular complexity index is 1020. The average molecular weight is 449 g/mol. The molecule has 1 aromatic heterocycles. The minimum Gasteiger partial charge on any atom is -0.493 e. The van der Waals surface area contributed by atoms with E-state index in [9.17, 15) is 4.39 Å². The lowest BCUT2D eigenvalue weighted by atomic mass is 10.1. The first-order chi connectivity index (χ1) is 16.0. The molecule has 2 heterocycles. The number of hydrogen-bond acceptors (Lipinski definition) is 5. The van der Waals surface area contributed by atoms with Crippen molar-refractivity contribution in [1.29, 1.82) is 0 Å². The maximum atomic E-state index is 13.4. The molecule has 1 saturated heterocycles. The van der Waals surface area contributed by atoms with E-state index in [1.165, 1.54) is 12.1 Å². The predicted molar refractivity (Wildman–Crippen MR) is 130 cm³/mol. The van der Waals surface area contributed by atoms with Crippen LogP contribution >= 0.6 is 0 Å². The molecule has 0 N–H and O–H groups in total. The van der Waals surface area contributed by atoms with Crippen LogP contribution in [0.5, 0.6) is 5.75 Å². The monoisotopic (exact) mass is 448 g/mol. The van der Waals surface area contributed by atoms with Crippen molar-refractivity contribution in [2.75, 3.05) is 31.6 Å². The first-order valence-corrected chi connectivity index (χ1v) is 11.7. The zero-order valence-corrected chi connectivity index (χ0v) is 19.7. The normalized spacial score (nSPS) is 16.3. The van der Waals surface area contributed by atoms with Gasteiger partial charge in [0, 0.05) is 31.7 Å². The zero-order valence-electron chi connectivity index (χ0n) is 19.7. The Balaban J connectivity index is 1.55. The number of likely N-dealkylation sites (tertiary alicyclic amines) is 1. The molecule has 33 heavy (non-hydrogen) atoms. The van der Waals surface area contributed by atoms with E-state index in [0.29, 0.717) is 37.5 Å². The van der Waals surface area contributed by atoms with Gasteiger partial charge in [-0.2, -0.15) is 0 Å². The topological polar surface area (TPSA) is 41.5 Å². The minimum atomic E-state index is -0.231. The molecule has 3 aromatic rings. The van der Waals surface area contributed by atoms with Crippen molar-refractivity contribution in [2.24, 2.45) is 5.92 Å². The van der Waals surface area contributed by atoms with Crippen LogP contribution in [0.25, 0.3) is 0 Å². The first kappa shape index (κ1) is 23.2. The van der Waals surface area contributed by atoms with Crippen LogP contribution in [0.15, 0.2) is 60.8 Å². The molecule has 1 fully saturated rings. The number of ether oxygens (including phenoxy) is 1. The number of nitrogens with zero attached hydrogens (tertiary/aromatic N) is 4. The summed E-state index contributed by atoms with van der Waals surface area (Å²) in [6.45, 7) is 8.34. The molecule has 174 valence electrons. The van der Waals surface area contributed by atoms with E-state index < -0.39 is 0 Å². The molecule has 0 aliphatic carbocycles. The van der Waals surface area contributed by atoms with E-state index in [0.717, 1.165) is 42.1 Å². The van der Waals surface area contributed by atoms with Gasteiger partial charge in [0.15, 0.2) is 0 Å². The maximum absolute atomic E-state index is 13.4. The lowest BCUT2D eigenvalue weighted by Gasteiger charge is -2.24. The summed E-state index contributed by atoms with van der Waals surface area (Å²) in [5.41, 5.74) is 3.25. The Morgan fingerprint density at radius 2 is 1.70 bits per heavy atom. The summed E-state index contributed by atoms with van der Waals surface area (Å²) in [5, 5.41) is 0. The molecule has 1 unspecified atom stereocenters. The number of halogens is 1. The number of anilines is 1. The van der Waals surface area contributed by atoms with Crippen LogP contribution < -0.4 is 9.64 Å². The SMILES string of the molecule is CC(C)COc1ccc(CN(Cc2ccc(F)cc2)c2nccc(C3CCN(C)C3)n2)cc1. The largest absolute Gasteiger partial charge is 0.493 e. The zero-order chi connectivity index (χ0) is 23.2. The highest BCUT2D eigenvalue weighted by atomic mass is 19.1.